The molecule has 4 heteroatoms. The molecule has 0 radical (unpaired) electrons. The molecule has 0 amide bonds. The van der Waals surface area contributed by atoms with E-state index < -0.39 is 11.2 Å². The number of nitrogens with two attached hydrogens (primary N) is 1. The summed E-state index contributed by atoms with van der Waals surface area (Å²) in [6, 6.07) is 12.7. The van der Waals surface area contributed by atoms with Gasteiger partial charge in [-0.15, -0.1) is 0 Å². The van der Waals surface area contributed by atoms with Crippen LogP contribution >= 0.6 is 11.6 Å². The average molecular weight is 308 g/mol. The van der Waals surface area contributed by atoms with Gasteiger partial charge in [-0.1, -0.05) is 53.6 Å². The maximum absolute atomic E-state index is 14.1. The summed E-state index contributed by atoms with van der Waals surface area (Å²) in [5.74, 6) is -0.447. The molecule has 0 heterocycles. The molecule has 0 aliphatic rings. The van der Waals surface area contributed by atoms with Crippen molar-refractivity contribution in [2.75, 3.05) is 13.2 Å². The first-order valence-corrected chi connectivity index (χ1v) is 7.21. The Hall–Kier alpha value is -1.42. The fourth-order valence-electron chi connectivity index (χ4n) is 2.46. The van der Waals surface area contributed by atoms with Gasteiger partial charge < -0.3 is 10.8 Å². The van der Waals surface area contributed by atoms with E-state index >= 15 is 0 Å². The van der Waals surface area contributed by atoms with Crippen LogP contribution in [0.5, 0.6) is 0 Å². The number of aliphatic hydroxyl groups excluding tert-OH is 1. The zero-order valence-electron chi connectivity index (χ0n) is 11.9. The molecule has 3 N–H and O–H groups in total. The van der Waals surface area contributed by atoms with Gasteiger partial charge in [-0.05, 0) is 30.5 Å². The highest BCUT2D eigenvalue weighted by atomic mass is 35.5. The number of benzene rings is 2. The Morgan fingerprint density at radius 2 is 1.86 bits per heavy atom. The van der Waals surface area contributed by atoms with E-state index in [0.717, 1.165) is 11.1 Å². The number of aliphatic hydroxyl groups is 1. The summed E-state index contributed by atoms with van der Waals surface area (Å²) in [7, 11) is 0. The van der Waals surface area contributed by atoms with Gasteiger partial charge in [0.25, 0.3) is 0 Å². The maximum Gasteiger partial charge on any atom is 0.145 e. The fourth-order valence-corrected chi connectivity index (χ4v) is 2.65. The lowest BCUT2D eigenvalue weighted by atomic mass is 9.76. The summed E-state index contributed by atoms with van der Waals surface area (Å²) >= 11 is 5.83. The molecule has 0 bridgehead atoms. The monoisotopic (exact) mass is 307 g/mol. The van der Waals surface area contributed by atoms with E-state index in [0.29, 0.717) is 12.0 Å². The molecule has 0 saturated heterocycles. The Balaban J connectivity index is 2.43. The molecular weight excluding hydrogens is 289 g/mol. The van der Waals surface area contributed by atoms with Crippen molar-refractivity contribution in [1.29, 1.82) is 0 Å². The van der Waals surface area contributed by atoms with Gasteiger partial charge in [-0.3, -0.25) is 0 Å². The van der Waals surface area contributed by atoms with Gasteiger partial charge >= 0.3 is 0 Å². The zero-order valence-corrected chi connectivity index (χ0v) is 12.7. The third-order valence-electron chi connectivity index (χ3n) is 3.92. The molecular formula is C17H19ClFNO. The Morgan fingerprint density at radius 1 is 1.19 bits per heavy atom. The number of hydrogen-bond donors (Lipinski definition) is 2. The van der Waals surface area contributed by atoms with Crippen molar-refractivity contribution in [1.82, 2.24) is 0 Å². The molecule has 0 saturated carbocycles. The fraction of sp³-hybridized carbons (Fsp3) is 0.294. The predicted octanol–water partition coefficient (Wildman–Crippen LogP) is 3.22. The minimum absolute atomic E-state index is 0.0836. The lowest BCUT2D eigenvalue weighted by Crippen LogP contribution is -2.41. The molecule has 2 aromatic carbocycles. The maximum atomic E-state index is 14.1. The van der Waals surface area contributed by atoms with Crippen LogP contribution in [-0.4, -0.2) is 18.3 Å². The second-order valence-electron chi connectivity index (χ2n) is 5.40. The van der Waals surface area contributed by atoms with Crippen LogP contribution in [0.25, 0.3) is 0 Å². The summed E-state index contributed by atoms with van der Waals surface area (Å²) in [6.07, 6.45) is 0.301. The number of hydrogen-bond acceptors (Lipinski definition) is 2. The van der Waals surface area contributed by atoms with Crippen molar-refractivity contribution in [2.24, 2.45) is 5.73 Å². The molecule has 0 spiro atoms. The van der Waals surface area contributed by atoms with Crippen LogP contribution in [0.1, 0.15) is 16.7 Å². The summed E-state index contributed by atoms with van der Waals surface area (Å²) < 4.78 is 14.1. The van der Waals surface area contributed by atoms with Crippen LogP contribution in [-0.2, 0) is 11.8 Å². The van der Waals surface area contributed by atoms with Gasteiger partial charge in [0.1, 0.15) is 5.82 Å². The van der Waals surface area contributed by atoms with Crippen LogP contribution < -0.4 is 5.73 Å². The zero-order chi connectivity index (χ0) is 15.5. The van der Waals surface area contributed by atoms with Crippen molar-refractivity contribution >= 4 is 11.6 Å². The normalized spacial score (nSPS) is 14.0. The molecule has 1 unspecified atom stereocenters. The smallest absolute Gasteiger partial charge is 0.145 e. The minimum atomic E-state index is -0.709. The van der Waals surface area contributed by atoms with Crippen LogP contribution in [0, 0.1) is 12.7 Å². The van der Waals surface area contributed by atoms with Crippen molar-refractivity contribution in [3.05, 3.63) is 70.0 Å². The van der Waals surface area contributed by atoms with E-state index in [1.807, 2.05) is 31.2 Å². The van der Waals surface area contributed by atoms with Gasteiger partial charge in [0.05, 0.1) is 11.6 Å². The lowest BCUT2D eigenvalue weighted by Gasteiger charge is -2.31. The molecule has 112 valence electrons. The highest BCUT2D eigenvalue weighted by Gasteiger charge is 2.31. The standard InChI is InChI=1S/C17H19ClFNO/c1-12-5-7-14(8-6-12)17(10-20,11-21)9-13-3-2-4-15(18)16(13)19/h2-8,21H,9-11,20H2,1H3. The topological polar surface area (TPSA) is 46.2 Å². The highest BCUT2D eigenvalue weighted by Crippen LogP contribution is 2.30. The molecule has 2 rings (SSSR count). The minimum Gasteiger partial charge on any atom is -0.395 e. The Kier molecular flexibility index (Phi) is 4.99. The quantitative estimate of drug-likeness (QED) is 0.891. The largest absolute Gasteiger partial charge is 0.395 e. The van der Waals surface area contributed by atoms with Crippen molar-refractivity contribution in [2.45, 2.75) is 18.8 Å². The van der Waals surface area contributed by atoms with Crippen LogP contribution in [0.2, 0.25) is 5.02 Å². The van der Waals surface area contributed by atoms with E-state index in [-0.39, 0.29) is 18.2 Å². The Labute approximate surface area is 129 Å². The molecule has 21 heavy (non-hydrogen) atoms. The Morgan fingerprint density at radius 3 is 2.43 bits per heavy atom. The van der Waals surface area contributed by atoms with Crippen LogP contribution in [0.15, 0.2) is 42.5 Å². The molecule has 0 fully saturated rings. The van der Waals surface area contributed by atoms with Crippen molar-refractivity contribution in [3.8, 4) is 0 Å². The van der Waals surface area contributed by atoms with E-state index in [1.165, 1.54) is 6.07 Å². The SMILES string of the molecule is Cc1ccc(C(CN)(CO)Cc2cccc(Cl)c2F)cc1. The molecule has 0 aliphatic carbocycles. The van der Waals surface area contributed by atoms with Gasteiger partial charge in [-0.2, -0.15) is 0 Å². The van der Waals surface area contributed by atoms with Crippen molar-refractivity contribution < 1.29 is 9.50 Å². The molecule has 2 nitrogen and oxygen atoms in total. The summed E-state index contributed by atoms with van der Waals surface area (Å²) in [5.41, 5.74) is 7.68. The van der Waals surface area contributed by atoms with Crippen LogP contribution in [0.3, 0.4) is 0 Å². The number of aryl methyl sites for hydroxylation is 1. The number of rotatable bonds is 5. The summed E-state index contributed by atoms with van der Waals surface area (Å²) in [4.78, 5) is 0. The van der Waals surface area contributed by atoms with E-state index in [4.69, 9.17) is 17.3 Å². The number of halogens is 2. The first-order valence-electron chi connectivity index (χ1n) is 6.83. The molecule has 0 aromatic heterocycles. The summed E-state index contributed by atoms with van der Waals surface area (Å²) in [6.45, 7) is 2.06. The van der Waals surface area contributed by atoms with Crippen molar-refractivity contribution in [3.63, 3.8) is 0 Å². The van der Waals surface area contributed by atoms with Gasteiger partial charge in [0.2, 0.25) is 0 Å². The van der Waals surface area contributed by atoms with E-state index in [2.05, 4.69) is 0 Å². The van der Waals surface area contributed by atoms with Gasteiger partial charge in [0, 0.05) is 12.0 Å². The lowest BCUT2D eigenvalue weighted by molar-refractivity contribution is 0.195. The highest BCUT2D eigenvalue weighted by molar-refractivity contribution is 6.30. The third kappa shape index (κ3) is 3.26. The third-order valence-corrected chi connectivity index (χ3v) is 4.21. The Bertz CT molecular complexity index is 609. The first kappa shape index (κ1) is 16.0. The average Bonchev–Trinajstić information content (AvgIpc) is 2.50. The summed E-state index contributed by atoms with van der Waals surface area (Å²) in [5, 5.41) is 9.97. The first-order chi connectivity index (χ1) is 10.0. The predicted molar refractivity (Wildman–Crippen MR) is 84.1 cm³/mol. The van der Waals surface area contributed by atoms with E-state index in [9.17, 15) is 9.50 Å². The van der Waals surface area contributed by atoms with E-state index in [1.54, 1.807) is 12.1 Å². The molecule has 2 aromatic rings. The van der Waals surface area contributed by atoms with Gasteiger partial charge in [-0.25, -0.2) is 4.39 Å². The van der Waals surface area contributed by atoms with Crippen LogP contribution in [0.4, 0.5) is 4.39 Å². The molecule has 1 atom stereocenters. The molecule has 0 aliphatic heterocycles. The van der Waals surface area contributed by atoms with Gasteiger partial charge in [0.15, 0.2) is 0 Å². The second-order valence-corrected chi connectivity index (χ2v) is 5.81. The second kappa shape index (κ2) is 6.56.